The molecule has 1 aromatic rings. The summed E-state index contributed by atoms with van der Waals surface area (Å²) in [5, 5.41) is 9.87. The number of esters is 3. The van der Waals surface area contributed by atoms with Gasteiger partial charge in [0.2, 0.25) is 6.29 Å². The van der Waals surface area contributed by atoms with Gasteiger partial charge in [0.15, 0.2) is 5.78 Å². The average molecular weight is 340 g/mol. The molecule has 1 N–H and O–H groups in total. The van der Waals surface area contributed by atoms with E-state index in [0.717, 1.165) is 0 Å². The van der Waals surface area contributed by atoms with Gasteiger partial charge in [0.25, 0.3) is 0 Å². The summed E-state index contributed by atoms with van der Waals surface area (Å²) >= 11 is 0. The first-order valence-corrected chi connectivity index (χ1v) is 7.58. The number of benzene rings is 1. The Labute approximate surface area is 141 Å². The number of carbonyl (C=O) groups excluding carboxylic acids is 4. The van der Waals surface area contributed by atoms with Crippen molar-refractivity contribution >= 4 is 23.7 Å². The van der Waals surface area contributed by atoms with Gasteiger partial charge in [-0.15, -0.1) is 0 Å². The van der Waals surface area contributed by atoms with E-state index in [1.165, 1.54) is 24.3 Å². The van der Waals surface area contributed by atoms with Crippen LogP contribution >= 0.6 is 0 Å². The van der Waals surface area contributed by atoms with Crippen LogP contribution in [0, 0.1) is 5.41 Å². The van der Waals surface area contributed by atoms with Crippen LogP contribution in [0.4, 0.5) is 0 Å². The zero-order valence-electron chi connectivity index (χ0n) is 13.1. The van der Waals surface area contributed by atoms with Gasteiger partial charge < -0.3 is 14.6 Å². The van der Waals surface area contributed by atoms with Crippen LogP contribution in [0.2, 0.25) is 0 Å². The zero-order valence-corrected chi connectivity index (χ0v) is 13.1. The summed E-state index contributed by atoms with van der Waals surface area (Å²) in [7, 11) is 0. The van der Waals surface area contributed by atoms with E-state index < -0.39 is 35.4 Å². The number of Topliss-reactive ketones (excluding diaryl/α,β-unsaturated/α-hetero) is 1. The van der Waals surface area contributed by atoms with Crippen LogP contribution in [-0.4, -0.2) is 35.1 Å². The van der Waals surface area contributed by atoms with Crippen molar-refractivity contribution in [1.29, 1.82) is 0 Å². The standard InChI is InChI=1S/C18H12O7/c1-18-5-4-9(7-12(18)16(22)25-17(18)23)13(19)8-2-3-10-11(6-8)15(21)24-14(10)20/h2-4,6-7,16,22H,5H2,1H3. The molecule has 1 aliphatic carbocycles. The average Bonchev–Trinajstić information content (AvgIpc) is 3.00. The Balaban J connectivity index is 1.70. The van der Waals surface area contributed by atoms with Crippen molar-refractivity contribution in [1.82, 2.24) is 0 Å². The van der Waals surface area contributed by atoms with Crippen molar-refractivity contribution in [2.24, 2.45) is 5.41 Å². The SMILES string of the molecule is CC12CC=C(C(=O)c3ccc4c(c3)C(=O)OC4=O)C=C1C(O)OC2=O. The maximum Gasteiger partial charge on any atom is 0.346 e. The molecule has 0 bridgehead atoms. The first-order valence-electron chi connectivity index (χ1n) is 7.58. The quantitative estimate of drug-likeness (QED) is 0.491. The minimum absolute atomic E-state index is 0.0455. The molecule has 25 heavy (non-hydrogen) atoms. The van der Waals surface area contributed by atoms with E-state index in [4.69, 9.17) is 4.74 Å². The molecule has 0 radical (unpaired) electrons. The van der Waals surface area contributed by atoms with Gasteiger partial charge in [-0.25, -0.2) is 9.59 Å². The van der Waals surface area contributed by atoms with Gasteiger partial charge >= 0.3 is 17.9 Å². The molecule has 7 heteroatoms. The smallest absolute Gasteiger partial charge is 0.346 e. The van der Waals surface area contributed by atoms with E-state index in [2.05, 4.69) is 4.74 Å². The largest absolute Gasteiger partial charge is 0.431 e. The summed E-state index contributed by atoms with van der Waals surface area (Å²) in [5.74, 6) is -2.45. The van der Waals surface area contributed by atoms with Crippen molar-refractivity contribution in [2.75, 3.05) is 0 Å². The van der Waals surface area contributed by atoms with Crippen molar-refractivity contribution in [3.63, 3.8) is 0 Å². The van der Waals surface area contributed by atoms with Crippen molar-refractivity contribution in [2.45, 2.75) is 19.6 Å². The molecule has 126 valence electrons. The van der Waals surface area contributed by atoms with Crippen molar-refractivity contribution in [3.8, 4) is 0 Å². The van der Waals surface area contributed by atoms with E-state index in [9.17, 15) is 24.3 Å². The number of allylic oxidation sites excluding steroid dienone is 3. The third-order valence-electron chi connectivity index (χ3n) is 4.78. The molecule has 0 aromatic heterocycles. The number of cyclic esters (lactones) is 3. The second-order valence-corrected chi connectivity index (χ2v) is 6.32. The normalized spacial score (nSPS) is 27.1. The maximum absolute atomic E-state index is 12.7. The van der Waals surface area contributed by atoms with Gasteiger partial charge in [-0.1, -0.05) is 12.1 Å². The molecule has 2 atom stereocenters. The van der Waals surface area contributed by atoms with Gasteiger partial charge in [0, 0.05) is 16.7 Å². The van der Waals surface area contributed by atoms with Crippen LogP contribution in [0.3, 0.4) is 0 Å². The molecule has 0 amide bonds. The van der Waals surface area contributed by atoms with E-state index in [1.54, 1.807) is 13.0 Å². The molecule has 3 aliphatic rings. The van der Waals surface area contributed by atoms with Gasteiger partial charge in [0.1, 0.15) is 0 Å². The Bertz CT molecular complexity index is 937. The minimum atomic E-state index is -1.37. The molecule has 0 saturated carbocycles. The van der Waals surface area contributed by atoms with Gasteiger partial charge in [-0.2, -0.15) is 0 Å². The Morgan fingerprint density at radius 3 is 2.68 bits per heavy atom. The topological polar surface area (TPSA) is 107 Å². The summed E-state index contributed by atoms with van der Waals surface area (Å²) in [4.78, 5) is 47.7. The molecule has 1 fully saturated rings. The van der Waals surface area contributed by atoms with Crippen molar-refractivity contribution in [3.05, 3.63) is 58.2 Å². The van der Waals surface area contributed by atoms with Crippen LogP contribution in [0.25, 0.3) is 0 Å². The number of ether oxygens (including phenoxy) is 2. The summed E-state index contributed by atoms with van der Waals surface area (Å²) in [6.07, 6.45) is 1.89. The Hall–Kier alpha value is -3.06. The fourth-order valence-corrected chi connectivity index (χ4v) is 3.21. The fraction of sp³-hybridized carbons (Fsp3) is 0.222. The summed E-state index contributed by atoms with van der Waals surface area (Å²) < 4.78 is 9.34. The molecular weight excluding hydrogens is 328 g/mol. The van der Waals surface area contributed by atoms with Gasteiger partial charge in [-0.05, 0) is 31.6 Å². The fourth-order valence-electron chi connectivity index (χ4n) is 3.21. The highest BCUT2D eigenvalue weighted by Gasteiger charge is 2.50. The number of carbonyl (C=O) groups is 4. The second kappa shape index (κ2) is 4.97. The number of aliphatic hydroxyl groups is 1. The highest BCUT2D eigenvalue weighted by Crippen LogP contribution is 2.45. The van der Waals surface area contributed by atoms with E-state index >= 15 is 0 Å². The summed E-state index contributed by atoms with van der Waals surface area (Å²) in [6.45, 7) is 1.64. The van der Waals surface area contributed by atoms with Crippen LogP contribution in [0.5, 0.6) is 0 Å². The van der Waals surface area contributed by atoms with Gasteiger partial charge in [0.05, 0.1) is 16.5 Å². The third kappa shape index (κ3) is 2.09. The van der Waals surface area contributed by atoms with E-state index in [1.807, 2.05) is 0 Å². The number of hydrogen-bond acceptors (Lipinski definition) is 7. The Kier molecular flexibility index (Phi) is 3.07. The zero-order chi connectivity index (χ0) is 17.9. The van der Waals surface area contributed by atoms with Crippen LogP contribution < -0.4 is 0 Å². The first-order chi connectivity index (χ1) is 11.8. The van der Waals surface area contributed by atoms with E-state index in [-0.39, 0.29) is 28.7 Å². The highest BCUT2D eigenvalue weighted by molar-refractivity contribution is 6.17. The number of rotatable bonds is 2. The molecule has 7 nitrogen and oxygen atoms in total. The van der Waals surface area contributed by atoms with Crippen molar-refractivity contribution < 1.29 is 33.8 Å². The highest BCUT2D eigenvalue weighted by atomic mass is 16.6. The Morgan fingerprint density at radius 1 is 1.20 bits per heavy atom. The second-order valence-electron chi connectivity index (χ2n) is 6.32. The maximum atomic E-state index is 12.7. The third-order valence-corrected chi connectivity index (χ3v) is 4.78. The molecule has 1 aromatic carbocycles. The molecule has 2 heterocycles. The number of hydrogen-bond donors (Lipinski definition) is 1. The molecular formula is C18H12O7. The molecule has 4 rings (SSSR count). The lowest BCUT2D eigenvalue weighted by Crippen LogP contribution is -2.27. The van der Waals surface area contributed by atoms with Gasteiger partial charge in [-0.3, -0.25) is 9.59 Å². The monoisotopic (exact) mass is 340 g/mol. The van der Waals surface area contributed by atoms with Crippen LogP contribution in [0.15, 0.2) is 41.5 Å². The lowest BCUT2D eigenvalue weighted by Gasteiger charge is -2.24. The molecule has 2 unspecified atom stereocenters. The number of aliphatic hydroxyl groups excluding tert-OH is 1. The molecule has 0 spiro atoms. The predicted octanol–water partition coefficient (Wildman–Crippen LogP) is 1.32. The predicted molar refractivity (Wildman–Crippen MR) is 81.5 cm³/mol. The number of fused-ring (bicyclic) bond motifs is 2. The summed E-state index contributed by atoms with van der Waals surface area (Å²) in [6, 6.07) is 4.11. The first kappa shape index (κ1) is 15.5. The summed E-state index contributed by atoms with van der Waals surface area (Å²) in [5.41, 5.74) is 0.00930. The molecule has 2 aliphatic heterocycles. The van der Waals surface area contributed by atoms with E-state index in [0.29, 0.717) is 5.57 Å². The van der Waals surface area contributed by atoms with Crippen LogP contribution in [-0.2, 0) is 14.3 Å². The van der Waals surface area contributed by atoms with Crippen LogP contribution in [0.1, 0.15) is 44.4 Å². The lowest BCUT2D eigenvalue weighted by atomic mass is 9.75. The number of ketones is 1. The Morgan fingerprint density at radius 2 is 1.92 bits per heavy atom. The minimum Gasteiger partial charge on any atom is -0.431 e. The molecule has 1 saturated heterocycles. The lowest BCUT2D eigenvalue weighted by molar-refractivity contribution is -0.157.